The van der Waals surface area contributed by atoms with E-state index in [4.69, 9.17) is 10.2 Å². The van der Waals surface area contributed by atoms with Crippen LogP contribution in [0.25, 0.3) is 0 Å². The molecule has 1 aromatic heterocycles. The van der Waals surface area contributed by atoms with Crippen molar-refractivity contribution in [2.24, 2.45) is 5.73 Å². The molecule has 0 aliphatic rings. The van der Waals surface area contributed by atoms with Gasteiger partial charge in [0, 0.05) is 6.54 Å². The first-order valence-corrected chi connectivity index (χ1v) is 7.03. The Morgan fingerprint density at radius 1 is 1.41 bits per heavy atom. The Labute approximate surface area is 100 Å². The van der Waals surface area contributed by atoms with Gasteiger partial charge in [-0.1, -0.05) is 0 Å². The van der Waals surface area contributed by atoms with Gasteiger partial charge in [0.05, 0.1) is 6.54 Å². The Kier molecular flexibility index (Phi) is 4.71. The van der Waals surface area contributed by atoms with Gasteiger partial charge in [-0.2, -0.15) is 0 Å². The van der Waals surface area contributed by atoms with Gasteiger partial charge in [0.15, 0.2) is 9.84 Å². The summed E-state index contributed by atoms with van der Waals surface area (Å²) < 4.78 is 28.4. The van der Waals surface area contributed by atoms with Crippen LogP contribution in [0.15, 0.2) is 16.5 Å². The lowest BCUT2D eigenvalue weighted by molar-refractivity contribution is -0.118. The molecule has 1 rings (SSSR count). The van der Waals surface area contributed by atoms with Crippen LogP contribution >= 0.6 is 0 Å². The second kappa shape index (κ2) is 5.83. The van der Waals surface area contributed by atoms with Gasteiger partial charge in [0.1, 0.15) is 23.0 Å². The molecule has 0 unspecified atom stereocenters. The lowest BCUT2D eigenvalue weighted by atomic mass is 10.4. The van der Waals surface area contributed by atoms with Gasteiger partial charge in [-0.05, 0) is 19.1 Å². The fraction of sp³-hybridized carbons (Fsp3) is 0.500. The summed E-state index contributed by atoms with van der Waals surface area (Å²) in [6.45, 7) is 2.35. The molecule has 0 spiro atoms. The van der Waals surface area contributed by atoms with Crippen LogP contribution in [0.4, 0.5) is 0 Å². The lowest BCUT2D eigenvalue weighted by Crippen LogP contribution is -2.30. The highest BCUT2D eigenvalue weighted by Crippen LogP contribution is 2.11. The smallest absolute Gasteiger partial charge is 0.235 e. The first kappa shape index (κ1) is 13.7. The Bertz CT molecular complexity index is 478. The predicted octanol–water partition coefficient (Wildman–Crippen LogP) is -0.211. The van der Waals surface area contributed by atoms with E-state index in [9.17, 15) is 13.2 Å². The van der Waals surface area contributed by atoms with Crippen molar-refractivity contribution in [3.8, 4) is 0 Å². The average molecular weight is 260 g/mol. The number of rotatable bonds is 6. The van der Waals surface area contributed by atoms with Crippen molar-refractivity contribution in [3.05, 3.63) is 23.7 Å². The van der Waals surface area contributed by atoms with Gasteiger partial charge in [-0.15, -0.1) is 0 Å². The van der Waals surface area contributed by atoms with E-state index in [2.05, 4.69) is 5.32 Å². The maximum atomic E-state index is 11.6. The fourth-order valence-electron chi connectivity index (χ4n) is 1.33. The number of furan rings is 1. The lowest BCUT2D eigenvalue weighted by Gasteiger charge is -2.02. The normalized spacial score (nSPS) is 11.4. The highest BCUT2D eigenvalue weighted by Gasteiger charge is 2.18. The number of sulfone groups is 1. The summed E-state index contributed by atoms with van der Waals surface area (Å²) in [6.07, 6.45) is 0. The summed E-state index contributed by atoms with van der Waals surface area (Å²) >= 11 is 0. The maximum absolute atomic E-state index is 11.6. The zero-order valence-corrected chi connectivity index (χ0v) is 10.4. The molecule has 7 heteroatoms. The zero-order chi connectivity index (χ0) is 12.9. The van der Waals surface area contributed by atoms with E-state index in [0.717, 1.165) is 0 Å². The van der Waals surface area contributed by atoms with Crippen molar-refractivity contribution < 1.29 is 17.6 Å². The molecule has 17 heavy (non-hydrogen) atoms. The third-order valence-electron chi connectivity index (χ3n) is 2.01. The van der Waals surface area contributed by atoms with Crippen LogP contribution in [0.2, 0.25) is 0 Å². The molecule has 1 heterocycles. The van der Waals surface area contributed by atoms with Crippen molar-refractivity contribution in [1.82, 2.24) is 5.32 Å². The number of nitrogens with two attached hydrogens (primary N) is 1. The summed E-state index contributed by atoms with van der Waals surface area (Å²) in [5.41, 5.74) is 5.34. The van der Waals surface area contributed by atoms with Crippen LogP contribution < -0.4 is 11.1 Å². The average Bonchev–Trinajstić information content (AvgIpc) is 2.63. The molecule has 1 amide bonds. The van der Waals surface area contributed by atoms with Crippen LogP contribution in [0, 0.1) is 0 Å². The van der Waals surface area contributed by atoms with Crippen LogP contribution in [0.3, 0.4) is 0 Å². The summed E-state index contributed by atoms with van der Waals surface area (Å²) in [6, 6.07) is 3.18. The van der Waals surface area contributed by atoms with Crippen molar-refractivity contribution in [3.63, 3.8) is 0 Å². The highest BCUT2D eigenvalue weighted by atomic mass is 32.2. The SMILES string of the molecule is CCNC(=O)CS(=O)(=O)Cc1ccc(CN)o1. The molecule has 0 fully saturated rings. The van der Waals surface area contributed by atoms with E-state index in [1.54, 1.807) is 19.1 Å². The minimum absolute atomic E-state index is 0.219. The molecule has 0 radical (unpaired) electrons. The van der Waals surface area contributed by atoms with E-state index in [1.807, 2.05) is 0 Å². The topological polar surface area (TPSA) is 102 Å². The molecule has 1 aromatic rings. The Balaban J connectivity index is 2.63. The molecule has 3 N–H and O–H groups in total. The number of carbonyl (C=O) groups is 1. The van der Waals surface area contributed by atoms with Crippen LogP contribution in [-0.2, 0) is 26.9 Å². The van der Waals surface area contributed by atoms with Crippen molar-refractivity contribution in [2.45, 2.75) is 19.2 Å². The fourth-order valence-corrected chi connectivity index (χ4v) is 2.52. The van der Waals surface area contributed by atoms with E-state index < -0.39 is 21.5 Å². The van der Waals surface area contributed by atoms with Crippen molar-refractivity contribution in [2.75, 3.05) is 12.3 Å². The van der Waals surface area contributed by atoms with Crippen LogP contribution in [0.1, 0.15) is 18.4 Å². The molecular weight excluding hydrogens is 244 g/mol. The number of carbonyl (C=O) groups excluding carboxylic acids is 1. The second-order valence-electron chi connectivity index (χ2n) is 3.56. The van der Waals surface area contributed by atoms with Gasteiger partial charge in [-0.3, -0.25) is 4.79 Å². The summed E-state index contributed by atoms with van der Waals surface area (Å²) in [5.74, 6) is -0.495. The molecule has 0 aromatic carbocycles. The van der Waals surface area contributed by atoms with Crippen molar-refractivity contribution >= 4 is 15.7 Å². The maximum Gasteiger partial charge on any atom is 0.235 e. The molecular formula is C10H16N2O4S. The van der Waals surface area contributed by atoms with Crippen LogP contribution in [0.5, 0.6) is 0 Å². The molecule has 0 saturated carbocycles. The van der Waals surface area contributed by atoms with Crippen LogP contribution in [-0.4, -0.2) is 26.6 Å². The Hall–Kier alpha value is -1.34. The van der Waals surface area contributed by atoms with E-state index >= 15 is 0 Å². The zero-order valence-electron chi connectivity index (χ0n) is 9.60. The largest absolute Gasteiger partial charge is 0.464 e. The minimum atomic E-state index is -3.50. The van der Waals surface area contributed by atoms with E-state index in [1.165, 1.54) is 0 Å². The quantitative estimate of drug-likeness (QED) is 0.736. The number of hydrogen-bond donors (Lipinski definition) is 2. The van der Waals surface area contributed by atoms with Gasteiger partial charge >= 0.3 is 0 Å². The summed E-state index contributed by atoms with van der Waals surface area (Å²) in [4.78, 5) is 11.2. The van der Waals surface area contributed by atoms with E-state index in [-0.39, 0.29) is 12.3 Å². The molecule has 0 bridgehead atoms. The standard InChI is InChI=1S/C10H16N2O4S/c1-2-12-10(13)7-17(14,15)6-9-4-3-8(5-11)16-9/h3-4H,2,5-7,11H2,1H3,(H,12,13). The van der Waals surface area contributed by atoms with Gasteiger partial charge < -0.3 is 15.5 Å². The molecule has 0 aliphatic carbocycles. The number of nitrogens with one attached hydrogen (secondary N) is 1. The summed E-state index contributed by atoms with van der Waals surface area (Å²) in [7, 11) is -3.50. The first-order valence-electron chi connectivity index (χ1n) is 5.21. The first-order chi connectivity index (χ1) is 7.96. The Morgan fingerprint density at radius 2 is 2.06 bits per heavy atom. The number of amides is 1. The van der Waals surface area contributed by atoms with E-state index in [0.29, 0.717) is 18.1 Å². The molecule has 0 saturated heterocycles. The third-order valence-corrected chi connectivity index (χ3v) is 3.43. The van der Waals surface area contributed by atoms with Crippen molar-refractivity contribution in [1.29, 1.82) is 0 Å². The van der Waals surface area contributed by atoms with Gasteiger partial charge in [0.25, 0.3) is 0 Å². The third kappa shape index (κ3) is 4.58. The molecule has 0 aliphatic heterocycles. The Morgan fingerprint density at radius 3 is 2.59 bits per heavy atom. The minimum Gasteiger partial charge on any atom is -0.464 e. The second-order valence-corrected chi connectivity index (χ2v) is 5.62. The van der Waals surface area contributed by atoms with Gasteiger partial charge in [-0.25, -0.2) is 8.42 Å². The predicted molar refractivity (Wildman–Crippen MR) is 62.8 cm³/mol. The number of hydrogen-bond acceptors (Lipinski definition) is 5. The highest BCUT2D eigenvalue weighted by molar-refractivity contribution is 7.91. The molecule has 6 nitrogen and oxygen atoms in total. The van der Waals surface area contributed by atoms with Gasteiger partial charge in [0.2, 0.25) is 5.91 Å². The monoisotopic (exact) mass is 260 g/mol. The molecule has 0 atom stereocenters. The molecule has 96 valence electrons. The summed E-state index contributed by atoms with van der Waals surface area (Å²) in [5, 5.41) is 2.44.